The second-order valence-electron chi connectivity index (χ2n) is 4.99. The van der Waals surface area contributed by atoms with Crippen molar-refractivity contribution in [3.63, 3.8) is 0 Å². The summed E-state index contributed by atoms with van der Waals surface area (Å²) >= 11 is 0. The fourth-order valence-electron chi connectivity index (χ4n) is 2.38. The molecule has 0 aromatic heterocycles. The predicted octanol–water partition coefficient (Wildman–Crippen LogP) is 3.26. The van der Waals surface area contributed by atoms with Gasteiger partial charge in [-0.1, -0.05) is 12.1 Å². The number of rotatable bonds is 6. The van der Waals surface area contributed by atoms with Gasteiger partial charge in [-0.2, -0.15) is 17.6 Å². The minimum absolute atomic E-state index is 0. The molecule has 1 N–H and O–H groups in total. The van der Waals surface area contributed by atoms with Gasteiger partial charge in [-0.25, -0.2) is 4.39 Å². The van der Waals surface area contributed by atoms with E-state index >= 15 is 0 Å². The van der Waals surface area contributed by atoms with Crippen LogP contribution in [0.3, 0.4) is 0 Å². The number of nitrogens with one attached hydrogen (secondary N) is 1. The van der Waals surface area contributed by atoms with E-state index in [1.807, 2.05) is 4.90 Å². The lowest BCUT2D eigenvalue weighted by atomic mass is 10.1. The summed E-state index contributed by atoms with van der Waals surface area (Å²) in [7, 11) is 0. The Morgan fingerprint density at radius 1 is 1.22 bits per heavy atom. The van der Waals surface area contributed by atoms with Crippen LogP contribution in [0, 0.1) is 0 Å². The van der Waals surface area contributed by atoms with E-state index in [2.05, 4.69) is 10.1 Å². The van der Waals surface area contributed by atoms with E-state index in [1.54, 1.807) is 6.07 Å². The van der Waals surface area contributed by atoms with Crippen molar-refractivity contribution in [3.8, 4) is 5.75 Å². The first-order valence-corrected chi connectivity index (χ1v) is 6.89. The largest absolute Gasteiger partial charge is 0.461 e. The fraction of sp³-hybridized carbons (Fsp3) is 0.571. The highest BCUT2D eigenvalue weighted by molar-refractivity contribution is 5.85. The molecule has 1 heterocycles. The van der Waals surface area contributed by atoms with Crippen LogP contribution in [0.5, 0.6) is 5.75 Å². The van der Waals surface area contributed by atoms with Crippen molar-refractivity contribution in [2.24, 2.45) is 0 Å². The van der Waals surface area contributed by atoms with Crippen LogP contribution in [0.15, 0.2) is 24.3 Å². The van der Waals surface area contributed by atoms with Gasteiger partial charge < -0.3 is 10.1 Å². The first-order valence-electron chi connectivity index (χ1n) is 6.89. The van der Waals surface area contributed by atoms with Crippen LogP contribution in [0.25, 0.3) is 0 Å². The number of hydrogen-bond donors (Lipinski definition) is 1. The van der Waals surface area contributed by atoms with Gasteiger partial charge in [0.25, 0.3) is 0 Å². The van der Waals surface area contributed by atoms with E-state index in [1.165, 1.54) is 12.1 Å². The summed E-state index contributed by atoms with van der Waals surface area (Å²) < 4.78 is 67.6. The zero-order valence-electron chi connectivity index (χ0n) is 12.2. The average Bonchev–Trinajstić information content (AvgIpc) is 2.49. The standard InChI is InChI=1S/C14H17F5N2O.ClH/c15-9-12(21-6-4-20-5-7-21)10-2-1-3-11(8-10)22-14(18,19)13(16)17;/h1-3,8,12-13,20H,4-7,9H2;1H/t12-;/m0./s1. The van der Waals surface area contributed by atoms with Crippen LogP contribution in [-0.4, -0.2) is 50.3 Å². The molecule has 1 saturated heterocycles. The zero-order chi connectivity index (χ0) is 16.2. The topological polar surface area (TPSA) is 24.5 Å². The molecular formula is C14H18ClF5N2O. The monoisotopic (exact) mass is 360 g/mol. The molecule has 9 heteroatoms. The third kappa shape index (κ3) is 5.19. The Bertz CT molecular complexity index is 486. The Morgan fingerprint density at radius 3 is 2.43 bits per heavy atom. The summed E-state index contributed by atoms with van der Waals surface area (Å²) in [6, 6.07) is 4.68. The predicted molar refractivity (Wildman–Crippen MR) is 78.4 cm³/mol. The van der Waals surface area contributed by atoms with E-state index < -0.39 is 31.0 Å². The summed E-state index contributed by atoms with van der Waals surface area (Å²) in [5.41, 5.74) is 0.423. The summed E-state index contributed by atoms with van der Waals surface area (Å²) in [6.45, 7) is 1.95. The number of piperazine rings is 1. The van der Waals surface area contributed by atoms with Crippen LogP contribution < -0.4 is 10.1 Å². The smallest absolute Gasteiger partial charge is 0.428 e. The van der Waals surface area contributed by atoms with E-state index in [0.717, 1.165) is 6.07 Å². The molecule has 1 aliphatic rings. The fourth-order valence-corrected chi connectivity index (χ4v) is 2.38. The molecule has 1 fully saturated rings. The number of nitrogens with zero attached hydrogens (tertiary/aromatic N) is 1. The Balaban J connectivity index is 0.00000264. The molecule has 1 aromatic carbocycles. The normalized spacial score (nSPS) is 17.7. The molecule has 132 valence electrons. The Labute approximate surface area is 137 Å². The number of hydrogen-bond acceptors (Lipinski definition) is 3. The van der Waals surface area contributed by atoms with Crippen LogP contribution >= 0.6 is 12.4 Å². The third-order valence-electron chi connectivity index (χ3n) is 3.49. The lowest BCUT2D eigenvalue weighted by molar-refractivity contribution is -0.253. The van der Waals surface area contributed by atoms with E-state index in [-0.39, 0.29) is 12.4 Å². The van der Waals surface area contributed by atoms with Crippen molar-refractivity contribution < 1.29 is 26.7 Å². The second kappa shape index (κ2) is 8.65. The van der Waals surface area contributed by atoms with Crippen LogP contribution in [0.4, 0.5) is 22.0 Å². The molecule has 23 heavy (non-hydrogen) atoms. The van der Waals surface area contributed by atoms with Crippen molar-refractivity contribution >= 4 is 12.4 Å². The molecule has 1 aromatic rings. The molecular weight excluding hydrogens is 343 g/mol. The summed E-state index contributed by atoms with van der Waals surface area (Å²) in [5.74, 6) is -0.406. The zero-order valence-corrected chi connectivity index (χ0v) is 13.0. The minimum atomic E-state index is -4.57. The molecule has 0 unspecified atom stereocenters. The van der Waals surface area contributed by atoms with Crippen LogP contribution in [0.1, 0.15) is 11.6 Å². The molecule has 3 nitrogen and oxygen atoms in total. The van der Waals surface area contributed by atoms with Gasteiger partial charge in [0.15, 0.2) is 0 Å². The molecule has 0 bridgehead atoms. The third-order valence-corrected chi connectivity index (χ3v) is 3.49. The summed E-state index contributed by atoms with van der Waals surface area (Å²) in [5, 5.41) is 3.13. The maximum Gasteiger partial charge on any atom is 0.461 e. The lowest BCUT2D eigenvalue weighted by Gasteiger charge is -2.33. The van der Waals surface area contributed by atoms with E-state index in [4.69, 9.17) is 0 Å². The highest BCUT2D eigenvalue weighted by Crippen LogP contribution is 2.30. The Morgan fingerprint density at radius 2 is 1.87 bits per heavy atom. The van der Waals surface area contributed by atoms with Gasteiger partial charge in [0.1, 0.15) is 12.4 Å². The quantitative estimate of drug-likeness (QED) is 0.788. The first-order chi connectivity index (χ1) is 10.4. The summed E-state index contributed by atoms with van der Waals surface area (Å²) in [4.78, 5) is 1.88. The number of halogens is 6. The Kier molecular flexibility index (Phi) is 7.50. The molecule has 0 saturated carbocycles. The molecule has 0 aliphatic carbocycles. The summed E-state index contributed by atoms with van der Waals surface area (Å²) in [6.07, 6.45) is -8.50. The van der Waals surface area contributed by atoms with Gasteiger partial charge in [-0.05, 0) is 17.7 Å². The number of alkyl halides is 5. The van der Waals surface area contributed by atoms with Gasteiger partial charge in [0.05, 0.1) is 6.04 Å². The maximum atomic E-state index is 13.4. The molecule has 0 radical (unpaired) electrons. The second-order valence-corrected chi connectivity index (χ2v) is 4.99. The van der Waals surface area contributed by atoms with Crippen molar-refractivity contribution in [1.29, 1.82) is 0 Å². The van der Waals surface area contributed by atoms with Crippen LogP contribution in [-0.2, 0) is 0 Å². The van der Waals surface area contributed by atoms with Gasteiger partial charge in [0.2, 0.25) is 0 Å². The molecule has 1 aliphatic heterocycles. The van der Waals surface area contributed by atoms with Gasteiger partial charge >= 0.3 is 12.5 Å². The first kappa shape index (κ1) is 19.9. The highest BCUT2D eigenvalue weighted by Gasteiger charge is 2.44. The minimum Gasteiger partial charge on any atom is -0.428 e. The molecule has 1 atom stereocenters. The van der Waals surface area contributed by atoms with Crippen molar-refractivity contribution in [2.45, 2.75) is 18.6 Å². The van der Waals surface area contributed by atoms with Gasteiger partial charge in [0, 0.05) is 26.2 Å². The number of ether oxygens (including phenoxy) is 1. The van der Waals surface area contributed by atoms with Crippen molar-refractivity contribution in [2.75, 3.05) is 32.9 Å². The average molecular weight is 361 g/mol. The lowest BCUT2D eigenvalue weighted by Crippen LogP contribution is -2.45. The Hall–Kier alpha value is -1.12. The van der Waals surface area contributed by atoms with Crippen molar-refractivity contribution in [1.82, 2.24) is 10.2 Å². The van der Waals surface area contributed by atoms with E-state index in [9.17, 15) is 22.0 Å². The molecule has 0 spiro atoms. The molecule has 0 amide bonds. The highest BCUT2D eigenvalue weighted by atomic mass is 35.5. The van der Waals surface area contributed by atoms with Gasteiger partial charge in [-0.15, -0.1) is 12.4 Å². The SMILES string of the molecule is Cl.FC[C@@H](c1cccc(OC(F)(F)C(F)F)c1)N1CCNCC1. The number of benzene rings is 1. The molecule has 2 rings (SSSR count). The van der Waals surface area contributed by atoms with Crippen LogP contribution in [0.2, 0.25) is 0 Å². The van der Waals surface area contributed by atoms with E-state index in [0.29, 0.717) is 31.7 Å². The van der Waals surface area contributed by atoms with Gasteiger partial charge in [-0.3, -0.25) is 4.90 Å². The van der Waals surface area contributed by atoms with Crippen molar-refractivity contribution in [3.05, 3.63) is 29.8 Å². The maximum absolute atomic E-state index is 13.4.